The molecule has 4 aromatic carbocycles. The van der Waals surface area contributed by atoms with Gasteiger partial charge in [-0.1, -0.05) is 86.6 Å². The number of ether oxygens (including phenoxy) is 3. The molecule has 0 aliphatic heterocycles. The molecule has 0 saturated carbocycles. The summed E-state index contributed by atoms with van der Waals surface area (Å²) in [6.07, 6.45) is 2.88. The number of Topliss-reactive ketones (excluding diaryl/α,β-unsaturated/α-hetero) is 2. The van der Waals surface area contributed by atoms with Gasteiger partial charge in [-0.2, -0.15) is 0 Å². The first kappa shape index (κ1) is 29.8. The van der Waals surface area contributed by atoms with Gasteiger partial charge in [0.25, 0.3) is 0 Å². The number of carbonyl (C=O) groups is 2. The van der Waals surface area contributed by atoms with Gasteiger partial charge >= 0.3 is 0 Å². The molecule has 0 aliphatic rings. The fourth-order valence-corrected chi connectivity index (χ4v) is 4.47. The number of hydrogen-bond acceptors (Lipinski definition) is 5. The Hall–Kier alpha value is -4.22. The number of hydrogen-bond donors (Lipinski definition) is 0. The fraction of sp³-hybridized carbons (Fsp3) is 0.278. The van der Waals surface area contributed by atoms with E-state index in [9.17, 15) is 9.59 Å². The van der Waals surface area contributed by atoms with Crippen LogP contribution in [0.3, 0.4) is 0 Å². The number of rotatable bonds is 16. The highest BCUT2D eigenvalue weighted by Crippen LogP contribution is 2.24. The second-order valence-corrected chi connectivity index (χ2v) is 9.86. The zero-order valence-electron chi connectivity index (χ0n) is 23.9. The minimum Gasteiger partial charge on any atom is -0.491 e. The third kappa shape index (κ3) is 8.89. The standard InChI is InChI=1S/C36H38O5/c1-3-5-35(37)31-11-7-27(8-12-31)29-15-19-33(20-16-29)40-25-23-39-24-26-41-34-21-17-30(18-22-34)28-9-13-32(14-10-28)36(38)6-4-2/h7-22H,3-6,23-26H2,1-2H3. The van der Waals surface area contributed by atoms with Gasteiger partial charge in [-0.05, 0) is 59.4 Å². The van der Waals surface area contributed by atoms with Gasteiger partial charge in [-0.3, -0.25) is 9.59 Å². The van der Waals surface area contributed by atoms with E-state index in [-0.39, 0.29) is 11.6 Å². The SMILES string of the molecule is CCCC(=O)c1ccc(-c2ccc(OCCOCCOc3ccc(-c4ccc(C(=O)CCC)cc4)cc3)cc2)cc1. The van der Waals surface area contributed by atoms with Crippen molar-refractivity contribution in [3.05, 3.63) is 108 Å². The maximum absolute atomic E-state index is 12.0. The van der Waals surface area contributed by atoms with E-state index in [1.54, 1.807) is 0 Å². The second kappa shape index (κ2) is 15.5. The fourth-order valence-electron chi connectivity index (χ4n) is 4.47. The minimum absolute atomic E-state index is 0.186. The van der Waals surface area contributed by atoms with Gasteiger partial charge < -0.3 is 14.2 Å². The lowest BCUT2D eigenvalue weighted by Crippen LogP contribution is -2.12. The maximum Gasteiger partial charge on any atom is 0.162 e. The van der Waals surface area contributed by atoms with Crippen LogP contribution in [0.15, 0.2) is 97.1 Å². The molecule has 0 amide bonds. The molecule has 4 rings (SSSR count). The maximum atomic E-state index is 12.0. The molecule has 5 heteroatoms. The minimum atomic E-state index is 0.186. The Morgan fingerprint density at radius 2 is 0.780 bits per heavy atom. The van der Waals surface area contributed by atoms with Gasteiger partial charge in [0.1, 0.15) is 24.7 Å². The van der Waals surface area contributed by atoms with Gasteiger partial charge in [-0.15, -0.1) is 0 Å². The van der Waals surface area contributed by atoms with Crippen LogP contribution < -0.4 is 9.47 Å². The van der Waals surface area contributed by atoms with Crippen LogP contribution in [0, 0.1) is 0 Å². The summed E-state index contributed by atoms with van der Waals surface area (Å²) in [7, 11) is 0. The first-order chi connectivity index (χ1) is 20.1. The second-order valence-electron chi connectivity index (χ2n) is 9.86. The van der Waals surface area contributed by atoms with E-state index in [4.69, 9.17) is 14.2 Å². The van der Waals surface area contributed by atoms with E-state index in [1.165, 1.54) is 0 Å². The van der Waals surface area contributed by atoms with Crippen molar-refractivity contribution in [3.63, 3.8) is 0 Å². The Bertz CT molecular complexity index is 1260. The number of carbonyl (C=O) groups excluding carboxylic acids is 2. The van der Waals surface area contributed by atoms with Crippen LogP contribution in [0.25, 0.3) is 22.3 Å². The summed E-state index contributed by atoms with van der Waals surface area (Å²) in [5, 5.41) is 0. The van der Waals surface area contributed by atoms with Crippen molar-refractivity contribution in [2.75, 3.05) is 26.4 Å². The molecule has 4 aromatic rings. The van der Waals surface area contributed by atoms with Crippen LogP contribution in [-0.4, -0.2) is 38.0 Å². The largest absolute Gasteiger partial charge is 0.491 e. The molecule has 0 saturated heterocycles. The molecule has 0 bridgehead atoms. The Kier molecular flexibility index (Phi) is 11.3. The van der Waals surface area contributed by atoms with Gasteiger partial charge in [0.2, 0.25) is 0 Å². The molecule has 0 fully saturated rings. The molecule has 0 heterocycles. The van der Waals surface area contributed by atoms with Crippen molar-refractivity contribution in [1.29, 1.82) is 0 Å². The van der Waals surface area contributed by atoms with E-state index < -0.39 is 0 Å². The van der Waals surface area contributed by atoms with Crippen LogP contribution in [0.4, 0.5) is 0 Å². The molecule has 0 aliphatic carbocycles. The monoisotopic (exact) mass is 550 g/mol. The van der Waals surface area contributed by atoms with Gasteiger partial charge in [0.05, 0.1) is 13.2 Å². The molecule has 0 N–H and O–H groups in total. The highest BCUT2D eigenvalue weighted by Gasteiger charge is 2.07. The van der Waals surface area contributed by atoms with Crippen LogP contribution in [-0.2, 0) is 4.74 Å². The average molecular weight is 551 g/mol. The molecule has 0 radical (unpaired) electrons. The molecule has 0 spiro atoms. The number of ketones is 2. The molecule has 41 heavy (non-hydrogen) atoms. The predicted molar refractivity (Wildman–Crippen MR) is 164 cm³/mol. The molecular formula is C36H38O5. The van der Waals surface area contributed by atoms with Crippen LogP contribution in [0.1, 0.15) is 60.2 Å². The number of benzene rings is 4. The molecule has 0 aromatic heterocycles. The lowest BCUT2D eigenvalue weighted by atomic mass is 10.0. The summed E-state index contributed by atoms with van der Waals surface area (Å²) in [4.78, 5) is 24.1. The summed E-state index contributed by atoms with van der Waals surface area (Å²) in [6.45, 7) is 5.86. The zero-order chi connectivity index (χ0) is 28.9. The van der Waals surface area contributed by atoms with E-state index in [0.29, 0.717) is 39.3 Å². The topological polar surface area (TPSA) is 61.8 Å². The first-order valence-electron chi connectivity index (χ1n) is 14.4. The third-order valence-corrected chi connectivity index (χ3v) is 6.74. The third-order valence-electron chi connectivity index (χ3n) is 6.74. The molecule has 5 nitrogen and oxygen atoms in total. The van der Waals surface area contributed by atoms with Crippen LogP contribution in [0.2, 0.25) is 0 Å². The summed E-state index contributed by atoms with van der Waals surface area (Å²) in [5.41, 5.74) is 5.81. The van der Waals surface area contributed by atoms with Crippen molar-refractivity contribution in [2.45, 2.75) is 39.5 Å². The molecule has 0 unspecified atom stereocenters. The Balaban J connectivity index is 1.12. The normalized spacial score (nSPS) is 10.8. The molecular weight excluding hydrogens is 512 g/mol. The zero-order valence-corrected chi connectivity index (χ0v) is 23.9. The average Bonchev–Trinajstić information content (AvgIpc) is 3.01. The van der Waals surface area contributed by atoms with Crippen molar-refractivity contribution in [2.24, 2.45) is 0 Å². The first-order valence-corrected chi connectivity index (χ1v) is 14.4. The van der Waals surface area contributed by atoms with Crippen LogP contribution in [0.5, 0.6) is 11.5 Å². The lowest BCUT2D eigenvalue weighted by Gasteiger charge is -2.10. The Morgan fingerprint density at radius 1 is 0.463 bits per heavy atom. The Morgan fingerprint density at radius 3 is 1.10 bits per heavy atom. The van der Waals surface area contributed by atoms with Gasteiger partial charge in [0.15, 0.2) is 11.6 Å². The van der Waals surface area contributed by atoms with E-state index in [0.717, 1.165) is 57.7 Å². The highest BCUT2D eigenvalue weighted by molar-refractivity contribution is 5.97. The lowest BCUT2D eigenvalue weighted by molar-refractivity contribution is 0.0764. The summed E-state index contributed by atoms with van der Waals surface area (Å²) in [5.74, 6) is 1.94. The quantitative estimate of drug-likeness (QED) is 0.103. The van der Waals surface area contributed by atoms with Crippen molar-refractivity contribution in [1.82, 2.24) is 0 Å². The summed E-state index contributed by atoms with van der Waals surface area (Å²) >= 11 is 0. The Labute approximate surface area is 243 Å². The van der Waals surface area contributed by atoms with Crippen molar-refractivity contribution < 1.29 is 23.8 Å². The van der Waals surface area contributed by atoms with E-state index in [2.05, 4.69) is 0 Å². The predicted octanol–water partition coefficient (Wildman–Crippen LogP) is 8.46. The highest BCUT2D eigenvalue weighted by atomic mass is 16.5. The van der Waals surface area contributed by atoms with Gasteiger partial charge in [0, 0.05) is 24.0 Å². The molecule has 212 valence electrons. The molecule has 0 atom stereocenters. The van der Waals surface area contributed by atoms with Crippen LogP contribution >= 0.6 is 0 Å². The van der Waals surface area contributed by atoms with Crippen molar-refractivity contribution in [3.8, 4) is 33.8 Å². The van der Waals surface area contributed by atoms with Gasteiger partial charge in [-0.25, -0.2) is 0 Å². The van der Waals surface area contributed by atoms with Crippen molar-refractivity contribution >= 4 is 11.6 Å². The smallest absolute Gasteiger partial charge is 0.162 e. The van der Waals surface area contributed by atoms with E-state index in [1.807, 2.05) is 111 Å². The summed E-state index contributed by atoms with van der Waals surface area (Å²) < 4.78 is 17.2. The van der Waals surface area contributed by atoms with E-state index >= 15 is 0 Å². The summed E-state index contributed by atoms with van der Waals surface area (Å²) in [6, 6.07) is 31.4.